The third kappa shape index (κ3) is 3.27. The van der Waals surface area contributed by atoms with Gasteiger partial charge in [0.05, 0.1) is 0 Å². The Kier molecular flexibility index (Phi) is 4.71. The third-order valence-electron chi connectivity index (χ3n) is 5.45. The van der Waals surface area contributed by atoms with Crippen LogP contribution in [0.25, 0.3) is 0 Å². The fourth-order valence-corrected chi connectivity index (χ4v) is 4.15. The second-order valence-corrected chi connectivity index (χ2v) is 7.43. The highest BCUT2D eigenvalue weighted by molar-refractivity contribution is 4.89. The molecule has 2 heteroatoms. The van der Waals surface area contributed by atoms with Crippen molar-refractivity contribution < 1.29 is 0 Å². The summed E-state index contributed by atoms with van der Waals surface area (Å²) in [6.45, 7) is 13.4. The molecule has 0 radical (unpaired) electrons. The molecule has 0 aromatic carbocycles. The molecular weight excluding hydrogens is 220 g/mol. The molecule has 2 fully saturated rings. The van der Waals surface area contributed by atoms with Gasteiger partial charge in [-0.15, -0.1) is 0 Å². The van der Waals surface area contributed by atoms with E-state index in [0.717, 1.165) is 29.6 Å². The van der Waals surface area contributed by atoms with Crippen LogP contribution in [0.1, 0.15) is 47.0 Å². The van der Waals surface area contributed by atoms with E-state index in [1.807, 2.05) is 0 Å². The molecule has 1 aliphatic carbocycles. The van der Waals surface area contributed by atoms with Gasteiger partial charge < -0.3 is 10.6 Å². The van der Waals surface area contributed by atoms with Gasteiger partial charge >= 0.3 is 0 Å². The minimum atomic E-state index is 0.432. The van der Waals surface area contributed by atoms with Crippen molar-refractivity contribution in [1.29, 1.82) is 0 Å². The molecule has 0 spiro atoms. The van der Waals surface area contributed by atoms with E-state index in [9.17, 15) is 0 Å². The summed E-state index contributed by atoms with van der Waals surface area (Å²) in [6, 6.07) is 0.432. The fraction of sp³-hybridized carbons (Fsp3) is 1.00. The maximum atomic E-state index is 6.41. The summed E-state index contributed by atoms with van der Waals surface area (Å²) >= 11 is 0. The quantitative estimate of drug-likeness (QED) is 0.837. The van der Waals surface area contributed by atoms with Crippen molar-refractivity contribution in [3.63, 3.8) is 0 Å². The smallest absolute Gasteiger partial charge is 0.00844 e. The summed E-state index contributed by atoms with van der Waals surface area (Å²) in [4.78, 5) is 2.68. The van der Waals surface area contributed by atoms with Crippen LogP contribution in [0.4, 0.5) is 0 Å². The maximum absolute atomic E-state index is 6.41. The lowest BCUT2D eigenvalue weighted by Gasteiger charge is -2.39. The van der Waals surface area contributed by atoms with Gasteiger partial charge in [0.15, 0.2) is 0 Å². The first-order chi connectivity index (χ1) is 8.47. The molecule has 5 atom stereocenters. The standard InChI is InChI=1S/C16H32N2/c1-11(2)14-5-6-18(9-14)10-15-13(4)7-12(3)8-16(15)17/h11-16H,5-10,17H2,1-4H3. The van der Waals surface area contributed by atoms with Gasteiger partial charge in [-0.1, -0.05) is 27.7 Å². The summed E-state index contributed by atoms with van der Waals surface area (Å²) in [5.74, 6) is 4.12. The van der Waals surface area contributed by atoms with E-state index in [0.29, 0.717) is 6.04 Å². The van der Waals surface area contributed by atoms with Crippen molar-refractivity contribution >= 4 is 0 Å². The van der Waals surface area contributed by atoms with E-state index in [1.54, 1.807) is 0 Å². The summed E-state index contributed by atoms with van der Waals surface area (Å²) in [5.41, 5.74) is 6.41. The lowest BCUT2D eigenvalue weighted by molar-refractivity contribution is 0.126. The van der Waals surface area contributed by atoms with Crippen LogP contribution in [0.3, 0.4) is 0 Å². The van der Waals surface area contributed by atoms with E-state index in [2.05, 4.69) is 32.6 Å². The van der Waals surface area contributed by atoms with E-state index in [1.165, 1.54) is 38.9 Å². The molecule has 2 nitrogen and oxygen atoms in total. The van der Waals surface area contributed by atoms with Crippen LogP contribution < -0.4 is 5.73 Å². The molecule has 1 saturated heterocycles. The van der Waals surface area contributed by atoms with Crippen LogP contribution in [0, 0.1) is 29.6 Å². The number of hydrogen-bond donors (Lipinski definition) is 1. The van der Waals surface area contributed by atoms with Crippen LogP contribution in [-0.2, 0) is 0 Å². The molecule has 0 bridgehead atoms. The first kappa shape index (κ1) is 14.3. The van der Waals surface area contributed by atoms with Crippen LogP contribution in [0.2, 0.25) is 0 Å². The van der Waals surface area contributed by atoms with Gasteiger partial charge in [-0.2, -0.15) is 0 Å². The fourth-order valence-electron chi connectivity index (χ4n) is 4.15. The third-order valence-corrected chi connectivity index (χ3v) is 5.45. The lowest BCUT2D eigenvalue weighted by Crippen LogP contribution is -2.46. The predicted molar refractivity (Wildman–Crippen MR) is 78.4 cm³/mol. The van der Waals surface area contributed by atoms with E-state index < -0.39 is 0 Å². The molecule has 106 valence electrons. The maximum Gasteiger partial charge on any atom is 0.00844 e. The zero-order valence-electron chi connectivity index (χ0n) is 12.7. The molecule has 18 heavy (non-hydrogen) atoms. The Morgan fingerprint density at radius 1 is 1.22 bits per heavy atom. The zero-order valence-corrected chi connectivity index (χ0v) is 12.7. The van der Waals surface area contributed by atoms with E-state index in [4.69, 9.17) is 5.73 Å². The van der Waals surface area contributed by atoms with Gasteiger partial charge in [0.25, 0.3) is 0 Å². The molecule has 2 rings (SSSR count). The Morgan fingerprint density at radius 3 is 2.50 bits per heavy atom. The molecule has 1 saturated carbocycles. The summed E-state index contributed by atoms with van der Waals surface area (Å²) in [7, 11) is 0. The number of nitrogens with zero attached hydrogens (tertiary/aromatic N) is 1. The monoisotopic (exact) mass is 252 g/mol. The van der Waals surface area contributed by atoms with Crippen LogP contribution in [0.5, 0.6) is 0 Å². The first-order valence-electron chi connectivity index (χ1n) is 7.95. The Bertz CT molecular complexity index is 252. The highest BCUT2D eigenvalue weighted by Gasteiger charge is 2.34. The second kappa shape index (κ2) is 5.92. The summed E-state index contributed by atoms with van der Waals surface area (Å²) < 4.78 is 0. The molecule has 2 aliphatic rings. The molecule has 2 N–H and O–H groups in total. The SMILES string of the molecule is CC1CC(C)C(CN2CCC(C(C)C)C2)C(N)C1. The molecular formula is C16H32N2. The Hall–Kier alpha value is -0.0800. The summed E-state index contributed by atoms with van der Waals surface area (Å²) in [6.07, 6.45) is 4.00. The zero-order chi connectivity index (χ0) is 13.3. The predicted octanol–water partition coefficient (Wildman–Crippen LogP) is 2.97. The Labute approximate surface area is 113 Å². The van der Waals surface area contributed by atoms with Crippen molar-refractivity contribution in [2.75, 3.05) is 19.6 Å². The van der Waals surface area contributed by atoms with Crippen molar-refractivity contribution in [2.45, 2.75) is 53.0 Å². The second-order valence-electron chi connectivity index (χ2n) is 7.43. The highest BCUT2D eigenvalue weighted by Crippen LogP contribution is 2.34. The number of likely N-dealkylation sites (tertiary alicyclic amines) is 1. The minimum absolute atomic E-state index is 0.432. The van der Waals surface area contributed by atoms with Crippen LogP contribution >= 0.6 is 0 Å². The van der Waals surface area contributed by atoms with E-state index >= 15 is 0 Å². The number of rotatable bonds is 3. The van der Waals surface area contributed by atoms with Crippen molar-refractivity contribution in [3.8, 4) is 0 Å². The summed E-state index contributed by atoms with van der Waals surface area (Å²) in [5, 5.41) is 0. The van der Waals surface area contributed by atoms with Crippen LogP contribution in [-0.4, -0.2) is 30.6 Å². The highest BCUT2D eigenvalue weighted by atomic mass is 15.1. The van der Waals surface area contributed by atoms with Gasteiger partial charge in [-0.25, -0.2) is 0 Å². The van der Waals surface area contributed by atoms with Gasteiger partial charge in [0, 0.05) is 19.1 Å². The topological polar surface area (TPSA) is 29.3 Å². The normalized spacial score (nSPS) is 42.7. The lowest BCUT2D eigenvalue weighted by atomic mass is 9.72. The molecule has 0 amide bonds. The van der Waals surface area contributed by atoms with Gasteiger partial charge in [-0.3, -0.25) is 0 Å². The average Bonchev–Trinajstić information content (AvgIpc) is 2.71. The Balaban J connectivity index is 1.86. The Morgan fingerprint density at radius 2 is 1.94 bits per heavy atom. The first-order valence-corrected chi connectivity index (χ1v) is 7.95. The van der Waals surface area contributed by atoms with Crippen molar-refractivity contribution in [2.24, 2.45) is 35.3 Å². The molecule has 5 unspecified atom stereocenters. The van der Waals surface area contributed by atoms with E-state index in [-0.39, 0.29) is 0 Å². The van der Waals surface area contributed by atoms with Crippen molar-refractivity contribution in [3.05, 3.63) is 0 Å². The van der Waals surface area contributed by atoms with Crippen molar-refractivity contribution in [1.82, 2.24) is 4.90 Å². The van der Waals surface area contributed by atoms with Gasteiger partial charge in [0.2, 0.25) is 0 Å². The minimum Gasteiger partial charge on any atom is -0.327 e. The molecule has 0 aromatic heterocycles. The average molecular weight is 252 g/mol. The molecule has 1 aliphatic heterocycles. The van der Waals surface area contributed by atoms with Gasteiger partial charge in [-0.05, 0) is 55.4 Å². The number of nitrogens with two attached hydrogens (primary N) is 1. The largest absolute Gasteiger partial charge is 0.327 e. The molecule has 0 aromatic rings. The number of hydrogen-bond acceptors (Lipinski definition) is 2. The van der Waals surface area contributed by atoms with Crippen LogP contribution in [0.15, 0.2) is 0 Å². The van der Waals surface area contributed by atoms with Gasteiger partial charge in [0.1, 0.15) is 0 Å². The molecule has 1 heterocycles.